The summed E-state index contributed by atoms with van der Waals surface area (Å²) in [7, 11) is 0. The topological polar surface area (TPSA) is 32.7 Å². The lowest BCUT2D eigenvalue weighted by Crippen LogP contribution is -2.49. The minimum Gasteiger partial charge on any atom is -0.271 e. The Labute approximate surface area is 172 Å². The molecule has 4 rings (SSSR count). The molecule has 0 N–H and O–H groups in total. The molecule has 3 nitrogen and oxygen atoms in total. The van der Waals surface area contributed by atoms with Crippen LogP contribution in [0, 0.1) is 13.8 Å². The molecule has 0 saturated heterocycles. The van der Waals surface area contributed by atoms with Crippen LogP contribution in [0.2, 0.25) is 0 Å². The van der Waals surface area contributed by atoms with Crippen molar-refractivity contribution in [1.82, 2.24) is 4.90 Å². The molecule has 1 heterocycles. The highest BCUT2D eigenvalue weighted by molar-refractivity contribution is 7.82. The number of rotatable bonds is 2. The molecule has 2 aromatic carbocycles. The second-order valence-corrected chi connectivity index (χ2v) is 8.42. The van der Waals surface area contributed by atoms with Gasteiger partial charge in [-0.25, -0.2) is 0 Å². The zero-order valence-electron chi connectivity index (χ0n) is 16.6. The third-order valence-electron chi connectivity index (χ3n) is 5.87. The zero-order chi connectivity index (χ0) is 19.7. The summed E-state index contributed by atoms with van der Waals surface area (Å²) in [5, 5.41) is 0. The van der Waals surface area contributed by atoms with Gasteiger partial charge in [0.25, 0.3) is 5.91 Å². The molecule has 144 valence electrons. The molecule has 1 aliphatic heterocycles. The van der Waals surface area contributed by atoms with Crippen molar-refractivity contribution in [3.05, 3.63) is 70.8 Å². The number of nitrogens with zero attached hydrogens (tertiary/aromatic N) is 2. The first-order chi connectivity index (χ1) is 13.5. The number of carbonyl (C=O) groups is 1. The fourth-order valence-corrected chi connectivity index (χ4v) is 4.65. The molecule has 28 heavy (non-hydrogen) atoms. The van der Waals surface area contributed by atoms with Crippen LogP contribution in [-0.2, 0) is 0 Å². The van der Waals surface area contributed by atoms with Crippen LogP contribution < -0.4 is 0 Å². The van der Waals surface area contributed by atoms with E-state index in [1.807, 2.05) is 36.1 Å². The van der Waals surface area contributed by atoms with Gasteiger partial charge in [0.05, 0.1) is 0 Å². The van der Waals surface area contributed by atoms with E-state index in [1.165, 1.54) is 18.4 Å². The molecule has 1 fully saturated rings. The van der Waals surface area contributed by atoms with E-state index in [9.17, 15) is 4.79 Å². The van der Waals surface area contributed by atoms with Gasteiger partial charge in [0.1, 0.15) is 16.4 Å². The second kappa shape index (κ2) is 7.59. The van der Waals surface area contributed by atoms with E-state index in [2.05, 4.69) is 31.2 Å². The monoisotopic (exact) mass is 390 g/mol. The highest BCUT2D eigenvalue weighted by Crippen LogP contribution is 2.40. The van der Waals surface area contributed by atoms with Gasteiger partial charge >= 0.3 is 0 Å². The van der Waals surface area contributed by atoms with E-state index >= 15 is 0 Å². The van der Waals surface area contributed by atoms with Crippen LogP contribution in [0.1, 0.15) is 65.6 Å². The van der Waals surface area contributed by atoms with Crippen LogP contribution >= 0.6 is 12.2 Å². The SMILES string of the molecule is Cc1ccc(C(=O)N2C(=S)C(c3ccc(C)cc3)=NC23CCCCCC3)cc1. The lowest BCUT2D eigenvalue weighted by atomic mass is 9.98. The predicted octanol–water partition coefficient (Wildman–Crippen LogP) is 5.63. The lowest BCUT2D eigenvalue weighted by Gasteiger charge is -2.35. The summed E-state index contributed by atoms with van der Waals surface area (Å²) in [5.74, 6) is -0.0299. The summed E-state index contributed by atoms with van der Waals surface area (Å²) in [6.45, 7) is 4.10. The Morgan fingerprint density at radius 2 is 1.43 bits per heavy atom. The largest absolute Gasteiger partial charge is 0.271 e. The van der Waals surface area contributed by atoms with Gasteiger partial charge in [-0.05, 0) is 51.7 Å². The van der Waals surface area contributed by atoms with Crippen molar-refractivity contribution >= 4 is 28.8 Å². The maximum atomic E-state index is 13.6. The molecule has 1 spiro atoms. The van der Waals surface area contributed by atoms with Crippen molar-refractivity contribution in [1.29, 1.82) is 0 Å². The maximum absolute atomic E-state index is 13.6. The summed E-state index contributed by atoms with van der Waals surface area (Å²) in [6, 6.07) is 16.0. The van der Waals surface area contributed by atoms with E-state index in [0.29, 0.717) is 10.6 Å². The summed E-state index contributed by atoms with van der Waals surface area (Å²) >= 11 is 5.85. The molecule has 0 radical (unpaired) electrons. The molecule has 2 aromatic rings. The molecule has 2 aliphatic rings. The van der Waals surface area contributed by atoms with Gasteiger partial charge < -0.3 is 0 Å². The van der Waals surface area contributed by atoms with Gasteiger partial charge in [-0.2, -0.15) is 0 Å². The van der Waals surface area contributed by atoms with Crippen LogP contribution in [0.15, 0.2) is 53.5 Å². The number of aryl methyl sites for hydroxylation is 2. The number of hydrogen-bond donors (Lipinski definition) is 0. The van der Waals surface area contributed by atoms with E-state index in [0.717, 1.165) is 42.5 Å². The Balaban J connectivity index is 1.77. The van der Waals surface area contributed by atoms with Crippen molar-refractivity contribution in [2.24, 2.45) is 4.99 Å². The number of carbonyl (C=O) groups excluding carboxylic acids is 1. The molecule has 1 amide bonds. The average Bonchev–Trinajstić information content (AvgIpc) is 2.83. The van der Waals surface area contributed by atoms with Crippen molar-refractivity contribution in [3.63, 3.8) is 0 Å². The van der Waals surface area contributed by atoms with E-state index < -0.39 is 5.66 Å². The predicted molar refractivity (Wildman–Crippen MR) is 118 cm³/mol. The Kier molecular flexibility index (Phi) is 5.15. The highest BCUT2D eigenvalue weighted by Gasteiger charge is 2.48. The van der Waals surface area contributed by atoms with Gasteiger partial charge in [0, 0.05) is 11.1 Å². The van der Waals surface area contributed by atoms with Crippen LogP contribution in [0.3, 0.4) is 0 Å². The first-order valence-electron chi connectivity index (χ1n) is 10.1. The number of aliphatic imine (C=N–C) groups is 1. The Morgan fingerprint density at radius 1 is 0.893 bits per heavy atom. The third-order valence-corrected chi connectivity index (χ3v) is 6.25. The van der Waals surface area contributed by atoms with Gasteiger partial charge in [-0.1, -0.05) is 72.6 Å². The minimum atomic E-state index is -0.532. The molecule has 1 aliphatic carbocycles. The fraction of sp³-hybridized carbons (Fsp3) is 0.375. The molecule has 0 atom stereocenters. The fourth-order valence-electron chi connectivity index (χ4n) is 4.24. The lowest BCUT2D eigenvalue weighted by molar-refractivity contribution is 0.0692. The Hall–Kier alpha value is -2.33. The van der Waals surface area contributed by atoms with E-state index in [-0.39, 0.29) is 5.91 Å². The van der Waals surface area contributed by atoms with Crippen molar-refractivity contribution < 1.29 is 4.79 Å². The van der Waals surface area contributed by atoms with E-state index in [4.69, 9.17) is 17.2 Å². The smallest absolute Gasteiger partial charge is 0.260 e. The van der Waals surface area contributed by atoms with Gasteiger partial charge in [0.15, 0.2) is 0 Å². The average molecular weight is 391 g/mol. The van der Waals surface area contributed by atoms with Crippen molar-refractivity contribution in [3.8, 4) is 0 Å². The maximum Gasteiger partial charge on any atom is 0.260 e. The molecular weight excluding hydrogens is 364 g/mol. The van der Waals surface area contributed by atoms with Crippen molar-refractivity contribution in [2.75, 3.05) is 0 Å². The number of amides is 1. The third kappa shape index (κ3) is 3.42. The minimum absolute atomic E-state index is 0.0299. The van der Waals surface area contributed by atoms with Crippen LogP contribution in [-0.4, -0.2) is 27.2 Å². The second-order valence-electron chi connectivity index (χ2n) is 8.03. The standard InChI is InChI=1S/C24H26N2OS/c1-17-7-11-19(12-8-17)21-23(28)26(22(27)20-13-9-18(2)10-14-20)24(25-21)15-5-3-4-6-16-24/h7-14H,3-6,15-16H2,1-2H3. The Bertz CT molecular complexity index is 920. The summed E-state index contributed by atoms with van der Waals surface area (Å²) in [5.41, 5.74) is 4.27. The quantitative estimate of drug-likeness (QED) is 0.623. The summed E-state index contributed by atoms with van der Waals surface area (Å²) in [6.07, 6.45) is 6.28. The van der Waals surface area contributed by atoms with Crippen LogP contribution in [0.25, 0.3) is 0 Å². The summed E-state index contributed by atoms with van der Waals surface area (Å²) < 4.78 is 0. The molecular formula is C24H26N2OS. The highest BCUT2D eigenvalue weighted by atomic mass is 32.1. The van der Waals surface area contributed by atoms with Crippen LogP contribution in [0.5, 0.6) is 0 Å². The number of benzene rings is 2. The van der Waals surface area contributed by atoms with Crippen LogP contribution in [0.4, 0.5) is 0 Å². The number of hydrogen-bond acceptors (Lipinski definition) is 3. The summed E-state index contributed by atoms with van der Waals surface area (Å²) in [4.78, 5) is 21.1. The Morgan fingerprint density at radius 3 is 2.00 bits per heavy atom. The molecule has 0 aromatic heterocycles. The van der Waals surface area contributed by atoms with Crippen molar-refractivity contribution in [2.45, 2.75) is 58.0 Å². The first kappa shape index (κ1) is 19.0. The molecule has 0 unspecified atom stereocenters. The molecule has 0 bridgehead atoms. The van der Waals surface area contributed by atoms with Gasteiger partial charge in [-0.15, -0.1) is 0 Å². The first-order valence-corrected chi connectivity index (χ1v) is 10.5. The number of thiocarbonyl (C=S) groups is 1. The van der Waals surface area contributed by atoms with E-state index in [1.54, 1.807) is 0 Å². The van der Waals surface area contributed by atoms with Gasteiger partial charge in [0.2, 0.25) is 0 Å². The normalized spacial score (nSPS) is 18.9. The molecule has 4 heteroatoms. The zero-order valence-corrected chi connectivity index (χ0v) is 17.4. The van der Waals surface area contributed by atoms with Gasteiger partial charge in [-0.3, -0.25) is 14.7 Å². The molecule has 1 saturated carbocycles.